The van der Waals surface area contributed by atoms with Gasteiger partial charge in [0.05, 0.1) is 18.8 Å². The number of phenolic OH excluding ortho intramolecular Hbond substituents is 1. The molecular weight excluding hydrogens is 304 g/mol. The Kier molecular flexibility index (Phi) is 4.57. The third-order valence-corrected chi connectivity index (χ3v) is 4.80. The number of rotatable bonds is 2. The van der Waals surface area contributed by atoms with E-state index < -0.39 is 0 Å². The van der Waals surface area contributed by atoms with Crippen LogP contribution in [0.25, 0.3) is 0 Å². The molecule has 0 aliphatic carbocycles. The van der Waals surface area contributed by atoms with Crippen molar-refractivity contribution in [2.75, 3.05) is 39.4 Å². The van der Waals surface area contributed by atoms with E-state index in [1.54, 1.807) is 12.1 Å². The molecule has 0 radical (unpaired) electrons. The Balaban J connectivity index is 1.71. The number of likely N-dealkylation sites (tertiary alicyclic amines) is 1. The molecule has 2 heterocycles. The summed E-state index contributed by atoms with van der Waals surface area (Å²) in [5, 5.41) is 10.4. The second-order valence-corrected chi connectivity index (χ2v) is 6.50. The first-order valence-corrected chi connectivity index (χ1v) is 8.03. The van der Waals surface area contributed by atoms with E-state index in [2.05, 4.69) is 11.8 Å². The third-order valence-electron chi connectivity index (χ3n) is 4.56. The number of carbonyl (C=O) groups is 1. The highest BCUT2D eigenvalue weighted by Gasteiger charge is 2.37. The van der Waals surface area contributed by atoms with E-state index in [9.17, 15) is 9.90 Å². The summed E-state index contributed by atoms with van der Waals surface area (Å²) < 4.78 is 5.40. The Hall–Kier alpha value is -1.30. The number of halogens is 1. The predicted molar refractivity (Wildman–Crippen MR) is 84.4 cm³/mol. The molecule has 0 bridgehead atoms. The standard InChI is InChI=1S/C16H21ClN2O3/c1-11-9-19(10-14(11)18-4-6-22-7-5-18)16(21)13-3-2-12(17)8-15(13)20/h2-3,8,11,14,20H,4-7,9-10H2,1H3/t11-,14-/m1/s1. The zero-order chi connectivity index (χ0) is 15.7. The fourth-order valence-corrected chi connectivity index (χ4v) is 3.52. The molecule has 6 heteroatoms. The van der Waals surface area contributed by atoms with Crippen LogP contribution < -0.4 is 0 Å². The molecule has 0 spiro atoms. The van der Waals surface area contributed by atoms with Gasteiger partial charge in [0.25, 0.3) is 5.91 Å². The van der Waals surface area contributed by atoms with Crippen molar-refractivity contribution in [2.45, 2.75) is 13.0 Å². The molecule has 22 heavy (non-hydrogen) atoms. The third kappa shape index (κ3) is 3.07. The van der Waals surface area contributed by atoms with Gasteiger partial charge < -0.3 is 14.7 Å². The van der Waals surface area contributed by atoms with E-state index in [4.69, 9.17) is 16.3 Å². The molecular formula is C16H21ClN2O3. The number of benzene rings is 1. The van der Waals surface area contributed by atoms with Crippen molar-refractivity contribution in [3.8, 4) is 5.75 Å². The average molecular weight is 325 g/mol. The molecule has 2 saturated heterocycles. The minimum Gasteiger partial charge on any atom is -0.507 e. The molecule has 2 atom stereocenters. The fourth-order valence-electron chi connectivity index (χ4n) is 3.36. The maximum atomic E-state index is 12.6. The Bertz CT molecular complexity index is 560. The average Bonchev–Trinajstić information content (AvgIpc) is 2.89. The van der Waals surface area contributed by atoms with Gasteiger partial charge in [-0.05, 0) is 24.1 Å². The van der Waals surface area contributed by atoms with Crippen LogP contribution in [0.3, 0.4) is 0 Å². The lowest BCUT2D eigenvalue weighted by Crippen LogP contribution is -2.47. The zero-order valence-electron chi connectivity index (χ0n) is 12.7. The summed E-state index contributed by atoms with van der Waals surface area (Å²) >= 11 is 5.83. The van der Waals surface area contributed by atoms with Gasteiger partial charge in [-0.3, -0.25) is 9.69 Å². The van der Waals surface area contributed by atoms with E-state index in [1.165, 1.54) is 6.07 Å². The monoisotopic (exact) mass is 324 g/mol. The van der Waals surface area contributed by atoms with Crippen molar-refractivity contribution >= 4 is 17.5 Å². The molecule has 1 aromatic rings. The summed E-state index contributed by atoms with van der Waals surface area (Å²) in [4.78, 5) is 16.9. The molecule has 1 N–H and O–H groups in total. The number of phenols is 1. The van der Waals surface area contributed by atoms with Crippen LogP contribution in [-0.4, -0.2) is 66.2 Å². The van der Waals surface area contributed by atoms with E-state index in [-0.39, 0.29) is 11.7 Å². The van der Waals surface area contributed by atoms with Crippen LogP contribution in [0.5, 0.6) is 5.75 Å². The highest BCUT2D eigenvalue weighted by molar-refractivity contribution is 6.30. The first-order chi connectivity index (χ1) is 10.6. The van der Waals surface area contributed by atoms with Crippen molar-refractivity contribution in [1.29, 1.82) is 0 Å². The van der Waals surface area contributed by atoms with Gasteiger partial charge in [-0.15, -0.1) is 0 Å². The van der Waals surface area contributed by atoms with Gasteiger partial charge in [0.2, 0.25) is 0 Å². The number of morpholine rings is 1. The first-order valence-electron chi connectivity index (χ1n) is 7.66. The second kappa shape index (κ2) is 6.44. The van der Waals surface area contributed by atoms with Crippen molar-refractivity contribution in [3.05, 3.63) is 28.8 Å². The van der Waals surface area contributed by atoms with Crippen molar-refractivity contribution in [2.24, 2.45) is 5.92 Å². The minimum absolute atomic E-state index is 0.0556. The predicted octanol–water partition coefficient (Wildman–Crippen LogP) is 1.84. The SMILES string of the molecule is C[C@@H]1CN(C(=O)c2ccc(Cl)cc2O)C[C@H]1N1CCOCC1. The van der Waals surface area contributed by atoms with Crippen LogP contribution in [0.2, 0.25) is 5.02 Å². The Morgan fingerprint density at radius 1 is 1.32 bits per heavy atom. The van der Waals surface area contributed by atoms with Crippen LogP contribution in [0.4, 0.5) is 0 Å². The van der Waals surface area contributed by atoms with Crippen LogP contribution in [0.1, 0.15) is 17.3 Å². The number of ether oxygens (including phenoxy) is 1. The quantitative estimate of drug-likeness (QED) is 0.902. The number of hydrogen-bond donors (Lipinski definition) is 1. The molecule has 0 aromatic heterocycles. The molecule has 1 amide bonds. The number of nitrogens with zero attached hydrogens (tertiary/aromatic N) is 2. The molecule has 2 fully saturated rings. The smallest absolute Gasteiger partial charge is 0.257 e. The van der Waals surface area contributed by atoms with Gasteiger partial charge in [-0.1, -0.05) is 18.5 Å². The second-order valence-electron chi connectivity index (χ2n) is 6.06. The maximum absolute atomic E-state index is 12.6. The van der Waals surface area contributed by atoms with Gasteiger partial charge in [0.1, 0.15) is 5.75 Å². The Morgan fingerprint density at radius 2 is 2.05 bits per heavy atom. The molecule has 5 nitrogen and oxygen atoms in total. The van der Waals surface area contributed by atoms with Gasteiger partial charge in [-0.25, -0.2) is 0 Å². The van der Waals surface area contributed by atoms with Crippen LogP contribution in [-0.2, 0) is 4.74 Å². The van der Waals surface area contributed by atoms with Gasteiger partial charge in [0, 0.05) is 37.2 Å². The first kappa shape index (κ1) is 15.6. The van der Waals surface area contributed by atoms with Crippen LogP contribution in [0, 0.1) is 5.92 Å². The highest BCUT2D eigenvalue weighted by Crippen LogP contribution is 2.28. The normalized spacial score (nSPS) is 26.4. The van der Waals surface area contributed by atoms with Crippen LogP contribution in [0.15, 0.2) is 18.2 Å². The summed E-state index contributed by atoms with van der Waals surface area (Å²) in [5.41, 5.74) is 0.319. The van der Waals surface area contributed by atoms with Gasteiger partial charge >= 0.3 is 0 Å². The number of amides is 1. The van der Waals surface area contributed by atoms with E-state index >= 15 is 0 Å². The zero-order valence-corrected chi connectivity index (χ0v) is 13.4. The van der Waals surface area contributed by atoms with E-state index in [0.29, 0.717) is 35.6 Å². The summed E-state index contributed by atoms with van der Waals surface area (Å²) in [5.74, 6) is 0.230. The summed E-state index contributed by atoms with van der Waals surface area (Å²) in [7, 11) is 0. The fraction of sp³-hybridized carbons (Fsp3) is 0.562. The lowest BCUT2D eigenvalue weighted by atomic mass is 10.0. The molecule has 2 aliphatic rings. The molecule has 2 aliphatic heterocycles. The molecule has 1 aromatic carbocycles. The van der Waals surface area contributed by atoms with Crippen molar-refractivity contribution in [3.63, 3.8) is 0 Å². The summed E-state index contributed by atoms with van der Waals surface area (Å²) in [6, 6.07) is 5.00. The highest BCUT2D eigenvalue weighted by atomic mass is 35.5. The lowest BCUT2D eigenvalue weighted by Gasteiger charge is -2.34. The van der Waals surface area contributed by atoms with E-state index in [1.807, 2.05) is 4.90 Å². The number of carbonyl (C=O) groups excluding carboxylic acids is 1. The molecule has 120 valence electrons. The maximum Gasteiger partial charge on any atom is 0.257 e. The summed E-state index contributed by atoms with van der Waals surface area (Å²) in [6.45, 7) is 6.94. The lowest BCUT2D eigenvalue weighted by molar-refractivity contribution is 0.0119. The Morgan fingerprint density at radius 3 is 2.73 bits per heavy atom. The summed E-state index contributed by atoms with van der Waals surface area (Å²) in [6.07, 6.45) is 0. The largest absolute Gasteiger partial charge is 0.507 e. The Labute approximate surface area is 135 Å². The topological polar surface area (TPSA) is 53.0 Å². The molecule has 3 rings (SSSR count). The number of aromatic hydroxyl groups is 1. The number of hydrogen-bond acceptors (Lipinski definition) is 4. The minimum atomic E-state index is -0.128. The van der Waals surface area contributed by atoms with Crippen molar-refractivity contribution < 1.29 is 14.6 Å². The molecule has 0 unspecified atom stereocenters. The van der Waals surface area contributed by atoms with E-state index in [0.717, 1.165) is 26.3 Å². The van der Waals surface area contributed by atoms with Crippen molar-refractivity contribution in [1.82, 2.24) is 9.80 Å². The van der Waals surface area contributed by atoms with Gasteiger partial charge in [0.15, 0.2) is 0 Å². The van der Waals surface area contributed by atoms with Gasteiger partial charge in [-0.2, -0.15) is 0 Å². The van der Waals surface area contributed by atoms with Crippen LogP contribution >= 0.6 is 11.6 Å². The molecule has 0 saturated carbocycles.